The highest BCUT2D eigenvalue weighted by atomic mass is 28.3. The minimum Gasteiger partial charge on any atom is -0.489 e. The van der Waals surface area contributed by atoms with Gasteiger partial charge in [-0.25, -0.2) is 0 Å². The summed E-state index contributed by atoms with van der Waals surface area (Å²) in [5, 5.41) is 1.48. The Kier molecular flexibility index (Phi) is 2.47. The Balaban J connectivity index is 2.72. The highest BCUT2D eigenvalue weighted by Gasteiger charge is 2.19. The summed E-state index contributed by atoms with van der Waals surface area (Å²) >= 11 is 0. The number of hydrogen-bond acceptors (Lipinski definition) is 1. The maximum Gasteiger partial charge on any atom is 0.114 e. The molecule has 1 nitrogen and oxygen atoms in total. The van der Waals surface area contributed by atoms with E-state index in [1.165, 1.54) is 5.20 Å². The van der Waals surface area contributed by atoms with E-state index in [4.69, 9.17) is 4.74 Å². The Morgan fingerprint density at radius 3 is 2.25 bits per heavy atom. The highest BCUT2D eigenvalue weighted by Crippen LogP contribution is 2.23. The van der Waals surface area contributed by atoms with Gasteiger partial charge in [-0.2, -0.15) is 0 Å². The standard InChI is InChI=1S/C10H18OSi/c1-8-9(6-7-12(8)5)11-10(2,3)4/h6-7,12H,1-5H3. The average Bonchev–Trinajstić information content (AvgIpc) is 2.16. The van der Waals surface area contributed by atoms with Crippen LogP contribution in [0.25, 0.3) is 0 Å². The molecule has 0 fully saturated rings. The molecule has 2 heteroatoms. The van der Waals surface area contributed by atoms with Crippen LogP contribution in [0.3, 0.4) is 0 Å². The Bertz CT molecular complexity index is 233. The van der Waals surface area contributed by atoms with Crippen LogP contribution in [0, 0.1) is 0 Å². The van der Waals surface area contributed by atoms with Crippen LogP contribution in [-0.4, -0.2) is 14.4 Å². The lowest BCUT2D eigenvalue weighted by atomic mass is 10.2. The molecule has 0 aromatic rings. The van der Waals surface area contributed by atoms with E-state index in [9.17, 15) is 0 Å². The van der Waals surface area contributed by atoms with Gasteiger partial charge in [0.2, 0.25) is 0 Å². The predicted molar refractivity (Wildman–Crippen MR) is 55.7 cm³/mol. The van der Waals surface area contributed by atoms with Crippen molar-refractivity contribution in [1.82, 2.24) is 0 Å². The summed E-state index contributed by atoms with van der Waals surface area (Å²) in [6.07, 6.45) is 2.14. The van der Waals surface area contributed by atoms with Gasteiger partial charge in [0.05, 0.1) is 8.80 Å². The van der Waals surface area contributed by atoms with Crippen molar-refractivity contribution in [3.05, 3.63) is 22.7 Å². The zero-order chi connectivity index (χ0) is 9.35. The molecular formula is C10H18OSi. The Labute approximate surface area is 76.7 Å². The summed E-state index contributed by atoms with van der Waals surface area (Å²) in [7, 11) is -0.717. The molecular weight excluding hydrogens is 164 g/mol. The largest absolute Gasteiger partial charge is 0.489 e. The van der Waals surface area contributed by atoms with E-state index in [-0.39, 0.29) is 5.60 Å². The van der Waals surface area contributed by atoms with Gasteiger partial charge in [0.1, 0.15) is 11.4 Å². The molecule has 0 aromatic heterocycles. The van der Waals surface area contributed by atoms with Crippen molar-refractivity contribution in [2.75, 3.05) is 0 Å². The normalized spacial score (nSPS) is 23.6. The number of hydrogen-bond donors (Lipinski definition) is 0. The first kappa shape index (κ1) is 9.58. The monoisotopic (exact) mass is 182 g/mol. The summed E-state index contributed by atoms with van der Waals surface area (Å²) in [6.45, 7) is 10.8. The summed E-state index contributed by atoms with van der Waals surface area (Å²) in [5.41, 5.74) is 2.26. The van der Waals surface area contributed by atoms with Crippen molar-refractivity contribution >= 4 is 8.80 Å². The molecule has 0 amide bonds. The van der Waals surface area contributed by atoms with Crippen LogP contribution in [0.4, 0.5) is 0 Å². The maximum absolute atomic E-state index is 5.81. The molecule has 68 valence electrons. The van der Waals surface area contributed by atoms with Crippen molar-refractivity contribution in [3.63, 3.8) is 0 Å². The third-order valence-electron chi connectivity index (χ3n) is 2.02. The van der Waals surface area contributed by atoms with Crippen LogP contribution in [0.1, 0.15) is 27.7 Å². The van der Waals surface area contributed by atoms with Gasteiger partial charge in [-0.05, 0) is 39.0 Å². The van der Waals surface area contributed by atoms with E-state index in [0.717, 1.165) is 5.76 Å². The molecule has 0 bridgehead atoms. The topological polar surface area (TPSA) is 9.23 Å². The molecule has 1 unspecified atom stereocenters. The van der Waals surface area contributed by atoms with Crippen LogP contribution < -0.4 is 0 Å². The van der Waals surface area contributed by atoms with Gasteiger partial charge in [0, 0.05) is 0 Å². The molecule has 0 aliphatic carbocycles. The zero-order valence-electron chi connectivity index (χ0n) is 8.64. The zero-order valence-corrected chi connectivity index (χ0v) is 9.79. The summed E-state index contributed by atoms with van der Waals surface area (Å²) in [6, 6.07) is 0. The van der Waals surface area contributed by atoms with Gasteiger partial charge < -0.3 is 4.74 Å². The van der Waals surface area contributed by atoms with E-state index in [2.05, 4.69) is 46.0 Å². The van der Waals surface area contributed by atoms with Crippen molar-refractivity contribution in [1.29, 1.82) is 0 Å². The first-order valence-electron chi connectivity index (χ1n) is 4.48. The number of rotatable bonds is 1. The second kappa shape index (κ2) is 3.09. The Morgan fingerprint density at radius 2 is 1.92 bits per heavy atom. The number of ether oxygens (including phenoxy) is 1. The van der Waals surface area contributed by atoms with Crippen molar-refractivity contribution in [2.45, 2.75) is 39.8 Å². The minimum atomic E-state index is -0.717. The van der Waals surface area contributed by atoms with E-state index in [1.54, 1.807) is 0 Å². The van der Waals surface area contributed by atoms with E-state index in [0.29, 0.717) is 0 Å². The SMILES string of the molecule is CC1=C(OC(C)(C)C)C=C[SiH]1C. The highest BCUT2D eigenvalue weighted by molar-refractivity contribution is 6.71. The quantitative estimate of drug-likeness (QED) is 0.566. The average molecular weight is 182 g/mol. The molecule has 0 spiro atoms. The lowest BCUT2D eigenvalue weighted by molar-refractivity contribution is 0.0594. The smallest absolute Gasteiger partial charge is 0.114 e. The third-order valence-corrected chi connectivity index (χ3v) is 4.44. The third kappa shape index (κ3) is 2.24. The van der Waals surface area contributed by atoms with E-state index in [1.807, 2.05) is 0 Å². The Morgan fingerprint density at radius 1 is 1.33 bits per heavy atom. The van der Waals surface area contributed by atoms with Gasteiger partial charge in [-0.15, -0.1) is 0 Å². The van der Waals surface area contributed by atoms with Gasteiger partial charge in [0.15, 0.2) is 0 Å². The van der Waals surface area contributed by atoms with Crippen molar-refractivity contribution in [3.8, 4) is 0 Å². The van der Waals surface area contributed by atoms with Crippen molar-refractivity contribution in [2.24, 2.45) is 0 Å². The van der Waals surface area contributed by atoms with Crippen LogP contribution in [-0.2, 0) is 4.74 Å². The van der Waals surface area contributed by atoms with Crippen LogP contribution in [0.5, 0.6) is 0 Å². The molecule has 12 heavy (non-hydrogen) atoms. The molecule has 0 saturated carbocycles. The molecule has 1 heterocycles. The molecule has 1 aliphatic heterocycles. The second-order valence-electron chi connectivity index (χ2n) is 4.41. The van der Waals surface area contributed by atoms with E-state index < -0.39 is 8.80 Å². The fourth-order valence-corrected chi connectivity index (χ4v) is 2.53. The maximum atomic E-state index is 5.81. The summed E-state index contributed by atoms with van der Waals surface area (Å²) < 4.78 is 5.81. The molecule has 0 N–H and O–H groups in total. The fourth-order valence-electron chi connectivity index (χ4n) is 1.18. The minimum absolute atomic E-state index is 0.0562. The van der Waals surface area contributed by atoms with E-state index >= 15 is 0 Å². The van der Waals surface area contributed by atoms with Gasteiger partial charge in [-0.1, -0.05) is 12.2 Å². The fraction of sp³-hybridized carbons (Fsp3) is 0.600. The Hall–Kier alpha value is -0.503. The van der Waals surface area contributed by atoms with Gasteiger partial charge in [-0.3, -0.25) is 0 Å². The molecule has 0 radical (unpaired) electrons. The molecule has 1 rings (SSSR count). The molecule has 0 saturated heterocycles. The van der Waals surface area contributed by atoms with Crippen LogP contribution in [0.2, 0.25) is 6.55 Å². The lowest BCUT2D eigenvalue weighted by Crippen LogP contribution is -2.18. The van der Waals surface area contributed by atoms with Crippen LogP contribution in [0.15, 0.2) is 22.7 Å². The summed E-state index contributed by atoms with van der Waals surface area (Å²) in [5.74, 6) is 1.11. The van der Waals surface area contributed by atoms with Crippen LogP contribution >= 0.6 is 0 Å². The molecule has 1 aliphatic rings. The lowest BCUT2D eigenvalue weighted by Gasteiger charge is -2.22. The first-order valence-corrected chi connectivity index (χ1v) is 6.88. The predicted octanol–water partition coefficient (Wildman–Crippen LogP) is 2.58. The van der Waals surface area contributed by atoms with Crippen molar-refractivity contribution < 1.29 is 4.74 Å². The molecule has 0 aromatic carbocycles. The second-order valence-corrected chi connectivity index (χ2v) is 7.24. The number of allylic oxidation sites excluding steroid dienone is 2. The molecule has 1 atom stereocenters. The summed E-state index contributed by atoms with van der Waals surface area (Å²) in [4.78, 5) is 0. The van der Waals surface area contributed by atoms with Gasteiger partial charge >= 0.3 is 0 Å². The van der Waals surface area contributed by atoms with Gasteiger partial charge in [0.25, 0.3) is 0 Å². The first-order chi connectivity index (χ1) is 5.40.